The van der Waals surface area contributed by atoms with Crippen LogP contribution in [0.25, 0.3) is 0 Å². The Labute approximate surface area is 215 Å². The lowest BCUT2D eigenvalue weighted by molar-refractivity contribution is -0.142. The Morgan fingerprint density at radius 2 is 1.81 bits per heavy atom. The highest BCUT2D eigenvalue weighted by Gasteiger charge is 2.37. The molecule has 1 aromatic carbocycles. The van der Waals surface area contributed by atoms with E-state index in [1.165, 1.54) is 23.9 Å². The molecule has 2 atom stereocenters. The number of Topliss-reactive ketones (excluding diaryl/α,β-unsaturated/α-hetero) is 1. The van der Waals surface area contributed by atoms with E-state index in [1.807, 2.05) is 11.8 Å². The van der Waals surface area contributed by atoms with Crippen molar-refractivity contribution in [1.82, 2.24) is 15.6 Å². The van der Waals surface area contributed by atoms with Gasteiger partial charge in [0.25, 0.3) is 0 Å². The number of hydrogen-bond acceptors (Lipinski definition) is 6. The first-order valence-corrected chi connectivity index (χ1v) is 13.8. The van der Waals surface area contributed by atoms with Crippen LogP contribution in [0, 0.1) is 17.7 Å². The summed E-state index contributed by atoms with van der Waals surface area (Å²) in [7, 11) is 0. The molecule has 2 N–H and O–H groups in total. The Morgan fingerprint density at radius 1 is 1.11 bits per heavy atom. The van der Waals surface area contributed by atoms with E-state index in [9.17, 15) is 18.8 Å². The Balaban J connectivity index is 1.41. The highest BCUT2D eigenvalue weighted by atomic mass is 32.2. The molecule has 8 nitrogen and oxygen atoms in total. The van der Waals surface area contributed by atoms with Crippen LogP contribution in [-0.2, 0) is 25.7 Å². The van der Waals surface area contributed by atoms with E-state index in [4.69, 9.17) is 4.74 Å². The molecule has 0 bridgehead atoms. The minimum Gasteiger partial charge on any atom is -0.381 e. The first-order chi connectivity index (χ1) is 17.4. The quantitative estimate of drug-likeness (QED) is 0.405. The molecular weight excluding hydrogens is 483 g/mol. The van der Waals surface area contributed by atoms with Crippen LogP contribution in [-0.4, -0.2) is 58.7 Å². The molecule has 3 aliphatic rings. The molecule has 2 amide bonds. The second-order valence-corrected chi connectivity index (χ2v) is 10.9. The number of amidine groups is 1. The van der Waals surface area contributed by atoms with Crippen molar-refractivity contribution in [2.45, 2.75) is 70.5 Å². The molecule has 196 valence electrons. The van der Waals surface area contributed by atoms with Gasteiger partial charge in [0, 0.05) is 37.5 Å². The number of nitrogens with zero attached hydrogens (tertiary/aromatic N) is 2. The fourth-order valence-corrected chi connectivity index (χ4v) is 6.13. The maximum absolute atomic E-state index is 13.3. The van der Waals surface area contributed by atoms with Crippen molar-refractivity contribution in [3.05, 3.63) is 35.6 Å². The fraction of sp³-hybridized carbons (Fsp3) is 0.615. The van der Waals surface area contributed by atoms with Gasteiger partial charge in [0.05, 0.1) is 0 Å². The molecule has 1 aromatic rings. The summed E-state index contributed by atoms with van der Waals surface area (Å²) in [4.78, 5) is 41.1. The zero-order valence-electron chi connectivity index (χ0n) is 20.7. The van der Waals surface area contributed by atoms with Gasteiger partial charge in [-0.15, -0.1) is 5.10 Å². The lowest BCUT2D eigenvalue weighted by Gasteiger charge is -2.31. The maximum atomic E-state index is 13.3. The summed E-state index contributed by atoms with van der Waals surface area (Å²) in [5.41, 5.74) is 3.36. The van der Waals surface area contributed by atoms with Crippen LogP contribution in [0.4, 0.5) is 4.39 Å². The van der Waals surface area contributed by atoms with Crippen LogP contribution in [0.5, 0.6) is 0 Å². The summed E-state index contributed by atoms with van der Waals surface area (Å²) >= 11 is 1.49. The van der Waals surface area contributed by atoms with Crippen molar-refractivity contribution in [3.63, 3.8) is 0 Å². The molecule has 1 saturated carbocycles. The number of hydrogen-bond donors (Lipinski definition) is 2. The molecule has 1 aliphatic carbocycles. The number of hydrazone groups is 1. The topological polar surface area (TPSA) is 100 Å². The second kappa shape index (κ2) is 12.7. The minimum atomic E-state index is -0.881. The maximum Gasteiger partial charge on any atom is 0.309 e. The molecule has 36 heavy (non-hydrogen) atoms. The van der Waals surface area contributed by atoms with E-state index < -0.39 is 17.7 Å². The number of nitrogens with one attached hydrogen (secondary N) is 2. The van der Waals surface area contributed by atoms with Gasteiger partial charge in [-0.1, -0.05) is 43.2 Å². The third-order valence-corrected chi connectivity index (χ3v) is 8.50. The summed E-state index contributed by atoms with van der Waals surface area (Å²) in [5, 5.41) is 7.78. The van der Waals surface area contributed by atoms with Gasteiger partial charge >= 0.3 is 5.91 Å². The Kier molecular flexibility index (Phi) is 9.36. The zero-order valence-corrected chi connectivity index (χ0v) is 21.5. The molecular formula is C26H35FN4O4S. The van der Waals surface area contributed by atoms with Crippen LogP contribution in [0.15, 0.2) is 29.4 Å². The van der Waals surface area contributed by atoms with E-state index in [2.05, 4.69) is 15.8 Å². The van der Waals surface area contributed by atoms with Crippen molar-refractivity contribution in [2.75, 3.05) is 19.0 Å². The summed E-state index contributed by atoms with van der Waals surface area (Å²) < 4.78 is 18.7. The number of halogens is 1. The standard InChI is InChI=1S/C26H35FN4O4S/c1-17-16-36-26(31(17)15-18-7-9-21(27)10-8-18)30-29-25(34)23(32)22(19-11-13-35-14-12-19)28-24(33)20-5-3-2-4-6-20/h7-10,17,19-20,22H,2-6,11-16H2,1H3,(H,28,33)(H,29,34)/t17-,22-/m0/s1. The monoisotopic (exact) mass is 518 g/mol. The highest BCUT2D eigenvalue weighted by molar-refractivity contribution is 8.14. The molecule has 2 saturated heterocycles. The van der Waals surface area contributed by atoms with Crippen LogP contribution >= 0.6 is 11.8 Å². The van der Waals surface area contributed by atoms with E-state index in [1.54, 1.807) is 12.1 Å². The van der Waals surface area contributed by atoms with Gasteiger partial charge in [-0.05, 0) is 56.2 Å². The highest BCUT2D eigenvalue weighted by Crippen LogP contribution is 2.27. The first kappa shape index (κ1) is 26.6. The van der Waals surface area contributed by atoms with E-state index in [-0.39, 0.29) is 29.6 Å². The first-order valence-electron chi connectivity index (χ1n) is 12.9. The Hall–Kier alpha value is -2.46. The van der Waals surface area contributed by atoms with Crippen molar-refractivity contribution >= 4 is 34.5 Å². The van der Waals surface area contributed by atoms with Gasteiger partial charge in [-0.25, -0.2) is 9.82 Å². The van der Waals surface area contributed by atoms with E-state index in [0.29, 0.717) is 37.8 Å². The zero-order chi connectivity index (χ0) is 25.5. The van der Waals surface area contributed by atoms with E-state index >= 15 is 0 Å². The normalized spacial score (nSPS) is 23.4. The SMILES string of the molecule is C[C@H]1CSC(=NNC(=O)C(=O)[C@@H](NC(=O)C2CCCCC2)C2CCOCC2)N1Cc1ccc(F)cc1. The molecule has 3 fully saturated rings. The van der Waals surface area contributed by atoms with Crippen LogP contribution < -0.4 is 10.7 Å². The third-order valence-electron chi connectivity index (χ3n) is 7.27. The summed E-state index contributed by atoms with van der Waals surface area (Å²) in [6.07, 6.45) is 6.01. The van der Waals surface area contributed by atoms with Crippen molar-refractivity contribution in [2.24, 2.45) is 16.9 Å². The number of carbonyl (C=O) groups excluding carboxylic acids is 3. The molecule has 10 heteroatoms. The molecule has 2 heterocycles. The smallest absolute Gasteiger partial charge is 0.309 e. The number of thioether (sulfide) groups is 1. The van der Waals surface area contributed by atoms with E-state index in [0.717, 1.165) is 43.4 Å². The minimum absolute atomic E-state index is 0.103. The van der Waals surface area contributed by atoms with Gasteiger partial charge < -0.3 is 15.0 Å². The van der Waals surface area contributed by atoms with Gasteiger partial charge in [0.15, 0.2) is 5.17 Å². The number of rotatable bonds is 8. The molecule has 4 rings (SSSR count). The lowest BCUT2D eigenvalue weighted by Crippen LogP contribution is -2.53. The Bertz CT molecular complexity index is 961. The second-order valence-electron chi connectivity index (χ2n) is 9.88. The van der Waals surface area contributed by atoms with Gasteiger partial charge in [-0.2, -0.15) is 0 Å². The summed E-state index contributed by atoms with van der Waals surface area (Å²) in [5.74, 6) is -1.39. The molecule has 0 spiro atoms. The lowest BCUT2D eigenvalue weighted by atomic mass is 9.85. The average Bonchev–Trinajstić information content (AvgIpc) is 3.26. The number of ketones is 1. The number of ether oxygens (including phenoxy) is 1. The number of benzene rings is 1. The van der Waals surface area contributed by atoms with Crippen molar-refractivity contribution < 1.29 is 23.5 Å². The van der Waals surface area contributed by atoms with Crippen molar-refractivity contribution in [1.29, 1.82) is 0 Å². The molecule has 0 radical (unpaired) electrons. The largest absolute Gasteiger partial charge is 0.381 e. The summed E-state index contributed by atoms with van der Waals surface area (Å²) in [6.45, 7) is 3.57. The number of amides is 2. The molecule has 2 aliphatic heterocycles. The third kappa shape index (κ3) is 6.85. The van der Waals surface area contributed by atoms with Gasteiger partial charge in [0.2, 0.25) is 11.7 Å². The van der Waals surface area contributed by atoms with Crippen molar-refractivity contribution in [3.8, 4) is 0 Å². The van der Waals surface area contributed by atoms with Gasteiger partial charge in [-0.3, -0.25) is 14.4 Å². The van der Waals surface area contributed by atoms with Crippen LogP contribution in [0.3, 0.4) is 0 Å². The fourth-order valence-electron chi connectivity index (χ4n) is 5.04. The Morgan fingerprint density at radius 3 is 2.50 bits per heavy atom. The predicted octanol–water partition coefficient (Wildman–Crippen LogP) is 3.21. The predicted molar refractivity (Wildman–Crippen MR) is 136 cm³/mol. The average molecular weight is 519 g/mol. The molecule has 0 unspecified atom stereocenters. The molecule has 0 aromatic heterocycles. The van der Waals surface area contributed by atoms with Gasteiger partial charge in [0.1, 0.15) is 11.9 Å². The van der Waals surface area contributed by atoms with Crippen LogP contribution in [0.1, 0.15) is 57.4 Å². The summed E-state index contributed by atoms with van der Waals surface area (Å²) in [6, 6.07) is 5.55. The number of carbonyl (C=O) groups is 3. The van der Waals surface area contributed by atoms with Crippen LogP contribution in [0.2, 0.25) is 0 Å².